The molecule has 2 aromatic rings. The molecular formula is C19H24N2O3S. The first-order valence-electron chi connectivity index (χ1n) is 8.58. The number of benzene rings is 2. The highest BCUT2D eigenvalue weighted by atomic mass is 32.2. The number of piperazine rings is 1. The van der Waals surface area contributed by atoms with Gasteiger partial charge in [-0.15, -0.1) is 0 Å². The Morgan fingerprint density at radius 3 is 2.16 bits per heavy atom. The summed E-state index contributed by atoms with van der Waals surface area (Å²) in [6, 6.07) is 18.1. The van der Waals surface area contributed by atoms with Gasteiger partial charge in [-0.25, -0.2) is 8.42 Å². The Kier molecular flexibility index (Phi) is 5.60. The largest absolute Gasteiger partial charge is 0.489 e. The van der Waals surface area contributed by atoms with Gasteiger partial charge in [0.05, 0.1) is 5.75 Å². The zero-order valence-corrected chi connectivity index (χ0v) is 15.3. The second kappa shape index (κ2) is 7.89. The van der Waals surface area contributed by atoms with Crippen LogP contribution in [0.25, 0.3) is 0 Å². The average Bonchev–Trinajstić information content (AvgIpc) is 2.68. The maximum Gasteiger partial charge on any atom is 0.213 e. The molecule has 1 heterocycles. The SMILES string of the molecule is CCS(=O)(=O)N1CCN(c2ccc(OCc3ccccc3)cc2)CC1. The van der Waals surface area contributed by atoms with E-state index in [-0.39, 0.29) is 5.75 Å². The van der Waals surface area contributed by atoms with E-state index in [1.165, 1.54) is 0 Å². The molecule has 0 spiro atoms. The summed E-state index contributed by atoms with van der Waals surface area (Å²) in [4.78, 5) is 2.21. The quantitative estimate of drug-likeness (QED) is 0.795. The molecule has 134 valence electrons. The Labute approximate surface area is 149 Å². The van der Waals surface area contributed by atoms with Crippen LogP contribution in [0.1, 0.15) is 12.5 Å². The third-order valence-electron chi connectivity index (χ3n) is 4.45. The van der Waals surface area contributed by atoms with E-state index in [0.717, 1.165) is 17.0 Å². The van der Waals surface area contributed by atoms with E-state index in [1.54, 1.807) is 11.2 Å². The van der Waals surface area contributed by atoms with Crippen LogP contribution in [0.5, 0.6) is 5.75 Å². The van der Waals surface area contributed by atoms with Gasteiger partial charge in [-0.05, 0) is 36.8 Å². The highest BCUT2D eigenvalue weighted by molar-refractivity contribution is 7.89. The van der Waals surface area contributed by atoms with Crippen LogP contribution in [0.15, 0.2) is 54.6 Å². The lowest BCUT2D eigenvalue weighted by atomic mass is 10.2. The lowest BCUT2D eigenvalue weighted by molar-refractivity contribution is 0.306. The van der Waals surface area contributed by atoms with Crippen molar-refractivity contribution in [3.63, 3.8) is 0 Å². The molecule has 1 fully saturated rings. The second-order valence-corrected chi connectivity index (χ2v) is 8.31. The number of anilines is 1. The summed E-state index contributed by atoms with van der Waals surface area (Å²) in [6.45, 7) is 4.75. The number of nitrogens with zero attached hydrogens (tertiary/aromatic N) is 2. The van der Waals surface area contributed by atoms with Crippen molar-refractivity contribution >= 4 is 15.7 Å². The van der Waals surface area contributed by atoms with Crippen LogP contribution in [-0.4, -0.2) is 44.7 Å². The molecule has 1 aliphatic rings. The summed E-state index contributed by atoms with van der Waals surface area (Å²) in [5.41, 5.74) is 2.24. The molecule has 0 saturated carbocycles. The highest BCUT2D eigenvalue weighted by Gasteiger charge is 2.25. The monoisotopic (exact) mass is 360 g/mol. The molecule has 25 heavy (non-hydrogen) atoms. The third kappa shape index (κ3) is 4.52. The van der Waals surface area contributed by atoms with Gasteiger partial charge >= 0.3 is 0 Å². The predicted molar refractivity (Wildman–Crippen MR) is 100 cm³/mol. The summed E-state index contributed by atoms with van der Waals surface area (Å²) in [6.07, 6.45) is 0. The van der Waals surface area contributed by atoms with E-state index in [0.29, 0.717) is 32.8 Å². The number of rotatable bonds is 6. The van der Waals surface area contributed by atoms with Crippen molar-refractivity contribution in [2.75, 3.05) is 36.8 Å². The highest BCUT2D eigenvalue weighted by Crippen LogP contribution is 2.22. The van der Waals surface area contributed by atoms with Crippen molar-refractivity contribution in [2.45, 2.75) is 13.5 Å². The lowest BCUT2D eigenvalue weighted by Gasteiger charge is -2.35. The predicted octanol–water partition coefficient (Wildman–Crippen LogP) is 2.74. The van der Waals surface area contributed by atoms with Gasteiger partial charge in [0.15, 0.2) is 0 Å². The molecule has 0 atom stereocenters. The van der Waals surface area contributed by atoms with Gasteiger partial charge in [-0.1, -0.05) is 30.3 Å². The Bertz CT molecular complexity index is 768. The second-order valence-electron chi connectivity index (χ2n) is 6.05. The van der Waals surface area contributed by atoms with Crippen LogP contribution in [0, 0.1) is 0 Å². The molecule has 0 N–H and O–H groups in total. The summed E-state index contributed by atoms with van der Waals surface area (Å²) >= 11 is 0. The summed E-state index contributed by atoms with van der Waals surface area (Å²) in [7, 11) is -3.08. The molecule has 0 aliphatic carbocycles. The lowest BCUT2D eigenvalue weighted by Crippen LogP contribution is -2.49. The first kappa shape index (κ1) is 17.8. The van der Waals surface area contributed by atoms with Crippen molar-refractivity contribution in [1.82, 2.24) is 4.31 Å². The summed E-state index contributed by atoms with van der Waals surface area (Å²) in [5, 5.41) is 0. The van der Waals surface area contributed by atoms with E-state index in [2.05, 4.69) is 4.90 Å². The fraction of sp³-hybridized carbons (Fsp3) is 0.368. The minimum atomic E-state index is -3.08. The molecule has 3 rings (SSSR count). The number of hydrogen-bond donors (Lipinski definition) is 0. The molecule has 2 aromatic carbocycles. The van der Waals surface area contributed by atoms with Gasteiger partial charge in [-0.2, -0.15) is 4.31 Å². The Morgan fingerprint density at radius 2 is 1.56 bits per heavy atom. The fourth-order valence-corrected chi connectivity index (χ4v) is 3.99. The van der Waals surface area contributed by atoms with Crippen molar-refractivity contribution in [2.24, 2.45) is 0 Å². The summed E-state index contributed by atoms with van der Waals surface area (Å²) in [5.74, 6) is 1.00. The van der Waals surface area contributed by atoms with E-state index in [4.69, 9.17) is 4.74 Å². The average molecular weight is 360 g/mol. The van der Waals surface area contributed by atoms with Crippen LogP contribution in [0.4, 0.5) is 5.69 Å². The van der Waals surface area contributed by atoms with Crippen LogP contribution < -0.4 is 9.64 Å². The maximum absolute atomic E-state index is 11.9. The van der Waals surface area contributed by atoms with E-state index in [9.17, 15) is 8.42 Å². The topological polar surface area (TPSA) is 49.9 Å². The van der Waals surface area contributed by atoms with Gasteiger partial charge in [-0.3, -0.25) is 0 Å². The molecule has 1 aliphatic heterocycles. The fourth-order valence-electron chi connectivity index (χ4n) is 2.90. The van der Waals surface area contributed by atoms with Crippen LogP contribution in [0.2, 0.25) is 0 Å². The maximum atomic E-state index is 11.9. The number of ether oxygens (including phenoxy) is 1. The van der Waals surface area contributed by atoms with Gasteiger partial charge < -0.3 is 9.64 Å². The number of sulfonamides is 1. The molecule has 0 radical (unpaired) electrons. The van der Waals surface area contributed by atoms with Gasteiger partial charge in [0.2, 0.25) is 10.0 Å². The van der Waals surface area contributed by atoms with Crippen molar-refractivity contribution in [1.29, 1.82) is 0 Å². The van der Waals surface area contributed by atoms with Crippen molar-refractivity contribution < 1.29 is 13.2 Å². The normalized spacial score (nSPS) is 16.0. The smallest absolute Gasteiger partial charge is 0.213 e. The first-order valence-corrected chi connectivity index (χ1v) is 10.2. The Hall–Kier alpha value is -2.05. The van der Waals surface area contributed by atoms with Crippen LogP contribution in [-0.2, 0) is 16.6 Å². The minimum Gasteiger partial charge on any atom is -0.489 e. The molecule has 5 nitrogen and oxygen atoms in total. The van der Waals surface area contributed by atoms with E-state index in [1.807, 2.05) is 54.6 Å². The zero-order chi connectivity index (χ0) is 17.7. The Balaban J connectivity index is 1.54. The molecule has 0 unspecified atom stereocenters. The van der Waals surface area contributed by atoms with E-state index < -0.39 is 10.0 Å². The van der Waals surface area contributed by atoms with Crippen LogP contribution in [0.3, 0.4) is 0 Å². The Morgan fingerprint density at radius 1 is 0.920 bits per heavy atom. The molecule has 6 heteroatoms. The van der Waals surface area contributed by atoms with Gasteiger partial charge in [0, 0.05) is 31.9 Å². The van der Waals surface area contributed by atoms with Gasteiger partial charge in [0.1, 0.15) is 12.4 Å². The van der Waals surface area contributed by atoms with E-state index >= 15 is 0 Å². The number of hydrogen-bond acceptors (Lipinski definition) is 4. The van der Waals surface area contributed by atoms with Gasteiger partial charge in [0.25, 0.3) is 0 Å². The molecule has 0 bridgehead atoms. The zero-order valence-electron chi connectivity index (χ0n) is 14.5. The standard InChI is InChI=1S/C19H24N2O3S/c1-2-25(22,23)21-14-12-20(13-15-21)18-8-10-19(11-9-18)24-16-17-6-4-3-5-7-17/h3-11H,2,12-16H2,1H3. The molecule has 0 aromatic heterocycles. The molecule has 0 amide bonds. The first-order chi connectivity index (χ1) is 12.1. The summed E-state index contributed by atoms with van der Waals surface area (Å²) < 4.78 is 31.2. The molecular weight excluding hydrogens is 336 g/mol. The third-order valence-corrected chi connectivity index (χ3v) is 6.33. The van der Waals surface area contributed by atoms with Crippen LogP contribution >= 0.6 is 0 Å². The molecule has 1 saturated heterocycles. The van der Waals surface area contributed by atoms with Crippen molar-refractivity contribution in [3.05, 3.63) is 60.2 Å². The minimum absolute atomic E-state index is 0.167. The van der Waals surface area contributed by atoms with Crippen molar-refractivity contribution in [3.8, 4) is 5.75 Å².